The van der Waals surface area contributed by atoms with Gasteiger partial charge in [-0.05, 0) is 38.0 Å². The maximum absolute atomic E-state index is 14.8. The molecule has 0 bridgehead atoms. The van der Waals surface area contributed by atoms with Crippen LogP contribution in [0.1, 0.15) is 30.5 Å². The van der Waals surface area contributed by atoms with Crippen LogP contribution in [-0.4, -0.2) is 54.9 Å². The van der Waals surface area contributed by atoms with E-state index in [0.717, 1.165) is 27.1 Å². The molecule has 1 N–H and O–H groups in total. The Morgan fingerprint density at radius 3 is 2.24 bits per heavy atom. The van der Waals surface area contributed by atoms with Crippen LogP contribution in [0.5, 0.6) is 0 Å². The minimum absolute atomic E-state index is 0.0490. The van der Waals surface area contributed by atoms with Gasteiger partial charge in [0.05, 0.1) is 16.9 Å². The normalized spacial score (nSPS) is 12.0. The van der Waals surface area contributed by atoms with E-state index < -0.39 is 45.2 Å². The maximum Gasteiger partial charge on any atom is 0.271 e. The molecule has 0 aliphatic carbocycles. The summed E-state index contributed by atoms with van der Waals surface area (Å²) >= 11 is 0. The van der Waals surface area contributed by atoms with Crippen LogP contribution in [0.15, 0.2) is 72.8 Å². The van der Waals surface area contributed by atoms with E-state index in [1.54, 1.807) is 57.2 Å². The van der Waals surface area contributed by atoms with Gasteiger partial charge in [0.15, 0.2) is 0 Å². The topological polar surface area (TPSA) is 130 Å². The van der Waals surface area contributed by atoms with Crippen LogP contribution in [0.2, 0.25) is 0 Å². The van der Waals surface area contributed by atoms with E-state index in [1.807, 2.05) is 0 Å². The molecule has 0 radical (unpaired) electrons. The van der Waals surface area contributed by atoms with Crippen LogP contribution in [0.4, 0.5) is 15.8 Å². The standard InChI is InChI=1S/C29H33FN4O6S/c1-20(2)31-29(36)27(16-22-10-6-5-7-11-22)32(18-23-12-8-9-13-25(23)30)28(35)19-33(41(4,39)40)26-17-24(34(37)38)15-14-21(26)3/h5-15,17,20,27H,16,18-19H2,1-4H3,(H,31,36). The minimum Gasteiger partial charge on any atom is -0.352 e. The van der Waals surface area contributed by atoms with Crippen molar-refractivity contribution in [2.24, 2.45) is 0 Å². The van der Waals surface area contributed by atoms with Crippen molar-refractivity contribution in [3.05, 3.63) is 105 Å². The largest absolute Gasteiger partial charge is 0.352 e. The molecule has 1 atom stereocenters. The third-order valence-electron chi connectivity index (χ3n) is 6.35. The highest BCUT2D eigenvalue weighted by Crippen LogP contribution is 2.28. The van der Waals surface area contributed by atoms with Crippen molar-refractivity contribution in [2.45, 2.75) is 45.8 Å². The number of aryl methyl sites for hydroxylation is 1. The molecule has 3 rings (SSSR count). The number of non-ortho nitro benzene ring substituents is 1. The molecule has 0 saturated carbocycles. The third-order valence-corrected chi connectivity index (χ3v) is 7.48. The number of nitrogens with one attached hydrogen (secondary N) is 1. The molecule has 0 aromatic heterocycles. The Morgan fingerprint density at radius 1 is 1.02 bits per heavy atom. The lowest BCUT2D eigenvalue weighted by molar-refractivity contribution is -0.384. The van der Waals surface area contributed by atoms with Crippen LogP contribution in [0, 0.1) is 22.9 Å². The lowest BCUT2D eigenvalue weighted by Gasteiger charge is -2.34. The second kappa shape index (κ2) is 13.4. The second-order valence-corrected chi connectivity index (χ2v) is 11.9. The number of anilines is 1. The molecule has 0 heterocycles. The average Bonchev–Trinajstić information content (AvgIpc) is 2.90. The summed E-state index contributed by atoms with van der Waals surface area (Å²) in [7, 11) is -4.13. The molecule has 41 heavy (non-hydrogen) atoms. The van der Waals surface area contributed by atoms with Gasteiger partial charge in [0.2, 0.25) is 21.8 Å². The number of halogens is 1. The molecule has 0 aliphatic rings. The first-order valence-corrected chi connectivity index (χ1v) is 14.7. The summed E-state index contributed by atoms with van der Waals surface area (Å²) in [5.74, 6) is -1.88. The Kier molecular flexibility index (Phi) is 10.2. The van der Waals surface area contributed by atoms with E-state index in [1.165, 1.54) is 30.3 Å². The van der Waals surface area contributed by atoms with Crippen LogP contribution in [0.25, 0.3) is 0 Å². The molecule has 0 saturated heterocycles. The van der Waals surface area contributed by atoms with Crippen molar-refractivity contribution in [1.82, 2.24) is 10.2 Å². The highest BCUT2D eigenvalue weighted by molar-refractivity contribution is 7.92. The molecule has 0 spiro atoms. The summed E-state index contributed by atoms with van der Waals surface area (Å²) in [4.78, 5) is 39.4. The van der Waals surface area contributed by atoms with E-state index in [-0.39, 0.29) is 35.9 Å². The SMILES string of the molecule is Cc1ccc([N+](=O)[O-])cc1N(CC(=O)N(Cc1ccccc1F)C(Cc1ccccc1)C(=O)NC(C)C)S(C)(=O)=O. The monoisotopic (exact) mass is 584 g/mol. The molecular formula is C29H33FN4O6S. The van der Waals surface area contributed by atoms with Gasteiger partial charge in [0, 0.05) is 36.7 Å². The van der Waals surface area contributed by atoms with E-state index in [4.69, 9.17) is 0 Å². The first-order chi connectivity index (χ1) is 19.3. The number of carbonyl (C=O) groups excluding carboxylic acids is 2. The van der Waals surface area contributed by atoms with Crippen LogP contribution in [-0.2, 0) is 32.6 Å². The van der Waals surface area contributed by atoms with Crippen molar-refractivity contribution in [1.29, 1.82) is 0 Å². The summed E-state index contributed by atoms with van der Waals surface area (Å²) in [6, 6.07) is 17.1. The van der Waals surface area contributed by atoms with Gasteiger partial charge in [-0.2, -0.15) is 0 Å². The van der Waals surface area contributed by atoms with Gasteiger partial charge in [0.25, 0.3) is 5.69 Å². The number of nitrogens with zero attached hydrogens (tertiary/aromatic N) is 3. The summed E-state index contributed by atoms with van der Waals surface area (Å²) in [6.07, 6.45) is 0.959. The summed E-state index contributed by atoms with van der Waals surface area (Å²) in [6.45, 7) is 4.00. The third kappa shape index (κ3) is 8.34. The number of sulfonamides is 1. The quantitative estimate of drug-likeness (QED) is 0.253. The lowest BCUT2D eigenvalue weighted by atomic mass is 10.0. The zero-order chi connectivity index (χ0) is 30.3. The average molecular weight is 585 g/mol. The van der Waals surface area contributed by atoms with Gasteiger partial charge in [0.1, 0.15) is 18.4 Å². The van der Waals surface area contributed by atoms with Crippen molar-refractivity contribution >= 4 is 33.2 Å². The molecule has 2 amide bonds. The molecule has 1 unspecified atom stereocenters. The molecule has 3 aromatic rings. The van der Waals surface area contributed by atoms with Crippen LogP contribution in [0.3, 0.4) is 0 Å². The predicted molar refractivity (Wildman–Crippen MR) is 154 cm³/mol. The minimum atomic E-state index is -4.13. The second-order valence-electron chi connectivity index (χ2n) is 9.98. The highest BCUT2D eigenvalue weighted by Gasteiger charge is 2.34. The zero-order valence-electron chi connectivity index (χ0n) is 23.3. The van der Waals surface area contributed by atoms with E-state index in [9.17, 15) is 32.5 Å². The summed E-state index contributed by atoms with van der Waals surface area (Å²) < 4.78 is 41.4. The van der Waals surface area contributed by atoms with Crippen molar-refractivity contribution in [3.8, 4) is 0 Å². The van der Waals surface area contributed by atoms with Crippen molar-refractivity contribution in [3.63, 3.8) is 0 Å². The molecule has 12 heteroatoms. The fourth-order valence-corrected chi connectivity index (χ4v) is 5.22. The molecular weight excluding hydrogens is 551 g/mol. The van der Waals surface area contributed by atoms with Gasteiger partial charge in [-0.3, -0.25) is 24.0 Å². The van der Waals surface area contributed by atoms with Crippen molar-refractivity contribution < 1.29 is 27.3 Å². The molecule has 0 fully saturated rings. The first-order valence-electron chi connectivity index (χ1n) is 12.9. The Balaban J connectivity index is 2.12. The maximum atomic E-state index is 14.8. The van der Waals surface area contributed by atoms with E-state index in [0.29, 0.717) is 5.56 Å². The Morgan fingerprint density at radius 2 is 1.66 bits per heavy atom. The number of carbonyl (C=O) groups is 2. The lowest BCUT2D eigenvalue weighted by Crippen LogP contribution is -2.54. The van der Waals surface area contributed by atoms with Gasteiger partial charge in [-0.1, -0.05) is 54.6 Å². The Bertz CT molecular complexity index is 1510. The van der Waals surface area contributed by atoms with Crippen molar-refractivity contribution in [2.75, 3.05) is 17.1 Å². The van der Waals surface area contributed by atoms with Gasteiger partial charge in [-0.25, -0.2) is 12.8 Å². The number of rotatable bonds is 12. The molecule has 218 valence electrons. The molecule has 10 nitrogen and oxygen atoms in total. The number of amides is 2. The van der Waals surface area contributed by atoms with Gasteiger partial charge in [-0.15, -0.1) is 0 Å². The predicted octanol–water partition coefficient (Wildman–Crippen LogP) is 3.97. The Labute approximate surface area is 239 Å². The van der Waals surface area contributed by atoms with E-state index in [2.05, 4.69) is 5.32 Å². The number of nitro benzene ring substituents is 1. The molecule has 0 aliphatic heterocycles. The smallest absolute Gasteiger partial charge is 0.271 e. The fraction of sp³-hybridized carbons (Fsp3) is 0.310. The fourth-order valence-electron chi connectivity index (χ4n) is 4.32. The van der Waals surface area contributed by atoms with E-state index >= 15 is 0 Å². The summed E-state index contributed by atoms with van der Waals surface area (Å²) in [5, 5.41) is 14.2. The highest BCUT2D eigenvalue weighted by atomic mass is 32.2. The number of benzene rings is 3. The van der Waals surface area contributed by atoms with Crippen LogP contribution >= 0.6 is 0 Å². The first kappa shape index (κ1) is 31.2. The van der Waals surface area contributed by atoms with Gasteiger partial charge >= 0.3 is 0 Å². The molecule has 3 aromatic carbocycles. The number of nitro groups is 1. The van der Waals surface area contributed by atoms with Gasteiger partial charge < -0.3 is 10.2 Å². The number of hydrogen-bond donors (Lipinski definition) is 1. The van der Waals surface area contributed by atoms with Crippen LogP contribution < -0.4 is 9.62 Å². The Hall–Kier alpha value is -4.32. The zero-order valence-corrected chi connectivity index (χ0v) is 24.1. The number of hydrogen-bond acceptors (Lipinski definition) is 6. The summed E-state index contributed by atoms with van der Waals surface area (Å²) in [5.41, 5.74) is 0.846.